The topological polar surface area (TPSA) is 55.3 Å². The lowest BCUT2D eigenvalue weighted by Gasteiger charge is -2.28. The van der Waals surface area contributed by atoms with Crippen LogP contribution in [0.15, 0.2) is 35.1 Å². The maximum Gasteiger partial charge on any atom is 0.266 e. The van der Waals surface area contributed by atoms with E-state index in [2.05, 4.69) is 25.9 Å². The van der Waals surface area contributed by atoms with Gasteiger partial charge in [-0.25, -0.2) is 4.98 Å². The molecular formula is C14H12BrN3O2. The van der Waals surface area contributed by atoms with E-state index in [-0.39, 0.29) is 12.5 Å². The van der Waals surface area contributed by atoms with Crippen LogP contribution in [-0.2, 0) is 11.3 Å². The highest BCUT2D eigenvalue weighted by Crippen LogP contribution is 2.32. The van der Waals surface area contributed by atoms with Gasteiger partial charge in [-0.15, -0.1) is 0 Å². The molecule has 0 fully saturated rings. The van der Waals surface area contributed by atoms with E-state index in [9.17, 15) is 4.79 Å². The number of anilines is 1. The first-order chi connectivity index (χ1) is 9.65. The summed E-state index contributed by atoms with van der Waals surface area (Å²) >= 11 is 3.32. The Morgan fingerprint density at radius 2 is 2.25 bits per heavy atom. The number of rotatable bonds is 2. The van der Waals surface area contributed by atoms with Gasteiger partial charge in [0.2, 0.25) is 0 Å². The number of nitrogens with zero attached hydrogens (tertiary/aromatic N) is 3. The second-order valence-electron chi connectivity index (χ2n) is 4.47. The number of aromatic nitrogens is 2. The predicted octanol–water partition coefficient (Wildman–Crippen LogP) is 2.47. The van der Waals surface area contributed by atoms with Crippen LogP contribution in [-0.4, -0.2) is 22.5 Å². The third-order valence-electron chi connectivity index (χ3n) is 3.16. The first kappa shape index (κ1) is 13.1. The van der Waals surface area contributed by atoms with Crippen molar-refractivity contribution in [2.24, 2.45) is 0 Å². The van der Waals surface area contributed by atoms with Gasteiger partial charge in [0.05, 0.1) is 6.54 Å². The number of hydrogen-bond donors (Lipinski definition) is 0. The van der Waals surface area contributed by atoms with Crippen LogP contribution >= 0.6 is 15.9 Å². The Labute approximate surface area is 124 Å². The van der Waals surface area contributed by atoms with Gasteiger partial charge >= 0.3 is 0 Å². The van der Waals surface area contributed by atoms with Crippen molar-refractivity contribution in [2.45, 2.75) is 13.5 Å². The van der Waals surface area contributed by atoms with Gasteiger partial charge in [0.15, 0.2) is 18.2 Å². The Hall–Kier alpha value is -1.95. The Kier molecular flexibility index (Phi) is 3.40. The number of aryl methyl sites for hydroxylation is 1. The summed E-state index contributed by atoms with van der Waals surface area (Å²) in [5, 5.41) is 0. The molecule has 0 N–H and O–H groups in total. The first-order valence-electron chi connectivity index (χ1n) is 6.15. The molecule has 20 heavy (non-hydrogen) atoms. The smallest absolute Gasteiger partial charge is 0.266 e. The molecule has 0 saturated heterocycles. The fourth-order valence-corrected chi connectivity index (χ4v) is 2.37. The molecule has 3 rings (SSSR count). The molecule has 2 aromatic heterocycles. The molecule has 0 radical (unpaired) electrons. The first-order valence-corrected chi connectivity index (χ1v) is 6.94. The number of carbonyl (C=O) groups excluding carboxylic acids is 1. The standard InChI is InChI=1S/C14H12BrN3O2/c1-9-10(3-2-6-16-9)7-18-13(19)8-20-11-4-5-12(15)17-14(11)18/h2-6H,7-8H2,1H3. The zero-order valence-electron chi connectivity index (χ0n) is 10.8. The second kappa shape index (κ2) is 5.20. The summed E-state index contributed by atoms with van der Waals surface area (Å²) in [7, 11) is 0. The molecule has 1 aliphatic heterocycles. The summed E-state index contributed by atoms with van der Waals surface area (Å²) in [6.07, 6.45) is 1.74. The average Bonchev–Trinajstić information content (AvgIpc) is 2.44. The summed E-state index contributed by atoms with van der Waals surface area (Å²) in [5.41, 5.74) is 1.90. The van der Waals surface area contributed by atoms with Crippen LogP contribution in [0, 0.1) is 6.92 Å². The number of pyridine rings is 2. The third-order valence-corrected chi connectivity index (χ3v) is 3.60. The number of halogens is 1. The van der Waals surface area contributed by atoms with Gasteiger partial charge in [-0.1, -0.05) is 6.07 Å². The molecule has 1 amide bonds. The number of ether oxygens (including phenoxy) is 1. The molecule has 3 heterocycles. The van der Waals surface area contributed by atoms with E-state index in [1.807, 2.05) is 25.1 Å². The maximum atomic E-state index is 12.1. The largest absolute Gasteiger partial charge is 0.480 e. The Morgan fingerprint density at radius 1 is 1.40 bits per heavy atom. The molecule has 0 aromatic carbocycles. The zero-order chi connectivity index (χ0) is 14.1. The summed E-state index contributed by atoms with van der Waals surface area (Å²) in [4.78, 5) is 22.3. The highest BCUT2D eigenvalue weighted by atomic mass is 79.9. The molecule has 0 saturated carbocycles. The maximum absolute atomic E-state index is 12.1. The normalized spacial score (nSPS) is 13.9. The van der Waals surface area contributed by atoms with Gasteiger partial charge in [0.1, 0.15) is 4.60 Å². The van der Waals surface area contributed by atoms with Crippen molar-refractivity contribution in [3.63, 3.8) is 0 Å². The van der Waals surface area contributed by atoms with Gasteiger partial charge in [0, 0.05) is 11.9 Å². The molecule has 1 aliphatic rings. The van der Waals surface area contributed by atoms with E-state index in [4.69, 9.17) is 4.74 Å². The van der Waals surface area contributed by atoms with Crippen molar-refractivity contribution in [1.82, 2.24) is 9.97 Å². The molecule has 5 nitrogen and oxygen atoms in total. The number of fused-ring (bicyclic) bond motifs is 1. The van der Waals surface area contributed by atoms with Gasteiger partial charge in [-0.3, -0.25) is 14.7 Å². The number of amides is 1. The predicted molar refractivity (Wildman–Crippen MR) is 77.6 cm³/mol. The summed E-state index contributed by atoms with van der Waals surface area (Å²) in [6.45, 7) is 2.41. The summed E-state index contributed by atoms with van der Waals surface area (Å²) in [5.74, 6) is 1.06. The van der Waals surface area contributed by atoms with Gasteiger partial charge < -0.3 is 4.74 Å². The van der Waals surface area contributed by atoms with E-state index in [0.717, 1.165) is 11.3 Å². The molecule has 0 atom stereocenters. The molecule has 2 aromatic rings. The minimum atomic E-state index is -0.105. The lowest BCUT2D eigenvalue weighted by Crippen LogP contribution is -2.39. The SMILES string of the molecule is Cc1ncccc1CN1C(=O)COc2ccc(Br)nc21. The Morgan fingerprint density at radius 3 is 3.05 bits per heavy atom. The summed E-state index contributed by atoms with van der Waals surface area (Å²) in [6, 6.07) is 7.43. The van der Waals surface area contributed by atoms with Crippen LogP contribution in [0.2, 0.25) is 0 Å². The zero-order valence-corrected chi connectivity index (χ0v) is 12.4. The van der Waals surface area contributed by atoms with Crippen molar-refractivity contribution in [1.29, 1.82) is 0 Å². The molecule has 6 heteroatoms. The molecule has 0 spiro atoms. The molecule has 0 bridgehead atoms. The van der Waals surface area contributed by atoms with Crippen LogP contribution in [0.5, 0.6) is 5.75 Å². The number of carbonyl (C=O) groups is 1. The van der Waals surface area contributed by atoms with E-state index in [1.54, 1.807) is 17.2 Å². The quantitative estimate of drug-likeness (QED) is 0.792. The highest BCUT2D eigenvalue weighted by molar-refractivity contribution is 9.10. The average molecular weight is 334 g/mol. The molecule has 0 unspecified atom stereocenters. The van der Waals surface area contributed by atoms with Crippen LogP contribution in [0.25, 0.3) is 0 Å². The summed E-state index contributed by atoms with van der Waals surface area (Å²) < 4.78 is 6.07. The minimum Gasteiger partial charge on any atom is -0.480 e. The fourth-order valence-electron chi connectivity index (χ4n) is 2.07. The Bertz CT molecular complexity index is 675. The fraction of sp³-hybridized carbons (Fsp3) is 0.214. The van der Waals surface area contributed by atoms with Crippen LogP contribution in [0.4, 0.5) is 5.82 Å². The van der Waals surface area contributed by atoms with E-state index in [1.165, 1.54) is 0 Å². The van der Waals surface area contributed by atoms with Gasteiger partial charge in [-0.2, -0.15) is 0 Å². The Balaban J connectivity index is 1.99. The van der Waals surface area contributed by atoms with Gasteiger partial charge in [-0.05, 0) is 46.6 Å². The number of hydrogen-bond acceptors (Lipinski definition) is 4. The monoisotopic (exact) mass is 333 g/mol. The van der Waals surface area contributed by atoms with E-state index < -0.39 is 0 Å². The van der Waals surface area contributed by atoms with E-state index in [0.29, 0.717) is 22.7 Å². The molecular weight excluding hydrogens is 322 g/mol. The van der Waals surface area contributed by atoms with Crippen LogP contribution in [0.3, 0.4) is 0 Å². The van der Waals surface area contributed by atoms with Crippen molar-refractivity contribution in [3.8, 4) is 5.75 Å². The third kappa shape index (κ3) is 2.38. The van der Waals surface area contributed by atoms with Crippen LogP contribution in [0.1, 0.15) is 11.3 Å². The van der Waals surface area contributed by atoms with Gasteiger partial charge in [0.25, 0.3) is 5.91 Å². The van der Waals surface area contributed by atoms with Crippen molar-refractivity contribution in [3.05, 3.63) is 46.3 Å². The molecule has 102 valence electrons. The lowest BCUT2D eigenvalue weighted by molar-refractivity contribution is -0.121. The van der Waals surface area contributed by atoms with Crippen molar-refractivity contribution >= 4 is 27.7 Å². The molecule has 0 aliphatic carbocycles. The minimum absolute atomic E-state index is 0.0373. The van der Waals surface area contributed by atoms with Crippen molar-refractivity contribution in [2.75, 3.05) is 11.5 Å². The van der Waals surface area contributed by atoms with E-state index >= 15 is 0 Å². The van der Waals surface area contributed by atoms with Crippen LogP contribution < -0.4 is 9.64 Å². The van der Waals surface area contributed by atoms with Crippen molar-refractivity contribution < 1.29 is 9.53 Å². The second-order valence-corrected chi connectivity index (χ2v) is 5.28. The highest BCUT2D eigenvalue weighted by Gasteiger charge is 2.27. The lowest BCUT2D eigenvalue weighted by atomic mass is 10.2.